The zero-order valence-electron chi connectivity index (χ0n) is 12.4. The Morgan fingerprint density at radius 3 is 2.45 bits per heavy atom. The van der Waals surface area contributed by atoms with Gasteiger partial charge in [0.05, 0.1) is 14.2 Å². The van der Waals surface area contributed by atoms with Crippen LogP contribution in [-0.4, -0.2) is 26.7 Å². The summed E-state index contributed by atoms with van der Waals surface area (Å²) in [5, 5.41) is 0. The molecule has 1 aliphatic heterocycles. The van der Waals surface area contributed by atoms with Crippen molar-refractivity contribution in [1.29, 1.82) is 0 Å². The first-order chi connectivity index (χ1) is 10.7. The molecule has 2 aromatic rings. The molecule has 1 aliphatic rings. The molecule has 0 saturated carbocycles. The maximum atomic E-state index is 13.3. The fourth-order valence-corrected chi connectivity index (χ4v) is 2.78. The Morgan fingerprint density at radius 2 is 1.82 bits per heavy atom. The van der Waals surface area contributed by atoms with Crippen LogP contribution in [0.4, 0.5) is 10.1 Å². The molecule has 4 nitrogen and oxygen atoms in total. The summed E-state index contributed by atoms with van der Waals surface area (Å²) in [5.41, 5.74) is 1.95. The highest BCUT2D eigenvalue weighted by molar-refractivity contribution is 6.10. The number of nitrogens with zero attached hydrogens (tertiary/aromatic N) is 1. The summed E-state index contributed by atoms with van der Waals surface area (Å²) in [5.74, 6) is 0.419. The predicted octanol–water partition coefficient (Wildman–Crippen LogP) is 3.05. The van der Waals surface area contributed by atoms with E-state index in [1.54, 1.807) is 29.2 Å². The number of halogens is 1. The van der Waals surface area contributed by atoms with E-state index in [0.29, 0.717) is 30.0 Å². The molecule has 5 heteroatoms. The Labute approximate surface area is 128 Å². The van der Waals surface area contributed by atoms with E-state index in [4.69, 9.17) is 9.47 Å². The molecular weight excluding hydrogens is 285 g/mol. The van der Waals surface area contributed by atoms with Gasteiger partial charge in [0.25, 0.3) is 5.91 Å². The van der Waals surface area contributed by atoms with Crippen LogP contribution in [0.15, 0.2) is 36.4 Å². The summed E-state index contributed by atoms with van der Waals surface area (Å²) in [6.07, 6.45) is 0.635. The zero-order valence-corrected chi connectivity index (χ0v) is 12.4. The molecule has 0 fully saturated rings. The summed E-state index contributed by atoms with van der Waals surface area (Å²) < 4.78 is 23.9. The molecule has 0 radical (unpaired) electrons. The van der Waals surface area contributed by atoms with Crippen molar-refractivity contribution in [3.8, 4) is 11.5 Å². The van der Waals surface area contributed by atoms with E-state index >= 15 is 0 Å². The normalized spacial score (nSPS) is 13.0. The number of rotatable bonds is 3. The largest absolute Gasteiger partial charge is 0.496 e. The lowest BCUT2D eigenvalue weighted by Gasteiger charge is -2.20. The van der Waals surface area contributed by atoms with Crippen LogP contribution >= 0.6 is 0 Å². The number of amides is 1. The average molecular weight is 301 g/mol. The van der Waals surface area contributed by atoms with Gasteiger partial charge in [-0.15, -0.1) is 0 Å². The highest BCUT2D eigenvalue weighted by Gasteiger charge is 2.29. The van der Waals surface area contributed by atoms with E-state index in [2.05, 4.69) is 0 Å². The van der Waals surface area contributed by atoms with Crippen LogP contribution in [-0.2, 0) is 6.42 Å². The maximum Gasteiger partial charge on any atom is 0.265 e. The predicted molar refractivity (Wildman–Crippen MR) is 81.3 cm³/mol. The quantitative estimate of drug-likeness (QED) is 0.874. The second kappa shape index (κ2) is 5.67. The lowest BCUT2D eigenvalue weighted by atomic mass is 10.1. The molecule has 1 amide bonds. The van der Waals surface area contributed by atoms with Crippen molar-refractivity contribution in [2.24, 2.45) is 0 Å². The number of carbonyl (C=O) groups is 1. The SMILES string of the molecule is COc1cccc(OC)c1C(=O)N1CCc2cc(F)ccc21. The smallest absolute Gasteiger partial charge is 0.265 e. The van der Waals surface area contributed by atoms with Crippen LogP contribution in [0.2, 0.25) is 0 Å². The average Bonchev–Trinajstić information content (AvgIpc) is 2.96. The Bertz CT molecular complexity index is 708. The Morgan fingerprint density at radius 1 is 1.14 bits per heavy atom. The van der Waals surface area contributed by atoms with Gasteiger partial charge in [-0.05, 0) is 42.3 Å². The Kier molecular flexibility index (Phi) is 3.71. The van der Waals surface area contributed by atoms with Crippen LogP contribution in [0.5, 0.6) is 11.5 Å². The fourth-order valence-electron chi connectivity index (χ4n) is 2.78. The summed E-state index contributed by atoms with van der Waals surface area (Å²) in [7, 11) is 3.03. The minimum absolute atomic E-state index is 0.209. The number of benzene rings is 2. The number of hydrogen-bond donors (Lipinski definition) is 0. The summed E-state index contributed by atoms with van der Waals surface area (Å²) in [4.78, 5) is 14.6. The molecule has 0 N–H and O–H groups in total. The van der Waals surface area contributed by atoms with E-state index in [9.17, 15) is 9.18 Å². The van der Waals surface area contributed by atoms with Crippen molar-refractivity contribution in [2.45, 2.75) is 6.42 Å². The van der Waals surface area contributed by atoms with Gasteiger partial charge in [0.15, 0.2) is 0 Å². The second-order valence-electron chi connectivity index (χ2n) is 5.02. The molecule has 0 aliphatic carbocycles. The van der Waals surface area contributed by atoms with Gasteiger partial charge < -0.3 is 14.4 Å². The van der Waals surface area contributed by atoms with Crippen molar-refractivity contribution in [2.75, 3.05) is 25.7 Å². The van der Waals surface area contributed by atoms with Gasteiger partial charge in [-0.25, -0.2) is 4.39 Å². The molecule has 0 atom stereocenters. The molecule has 0 saturated heterocycles. The number of methoxy groups -OCH3 is 2. The molecule has 114 valence electrons. The third-order valence-corrected chi connectivity index (χ3v) is 3.82. The monoisotopic (exact) mass is 301 g/mol. The molecular formula is C17H16FNO3. The molecule has 0 unspecified atom stereocenters. The van der Waals surface area contributed by atoms with Crippen molar-refractivity contribution in [3.05, 3.63) is 53.3 Å². The first kappa shape index (κ1) is 14.4. The number of hydrogen-bond acceptors (Lipinski definition) is 3. The summed E-state index contributed by atoms with van der Waals surface area (Å²) in [6.45, 7) is 0.513. The lowest BCUT2D eigenvalue weighted by molar-refractivity contribution is 0.0983. The van der Waals surface area contributed by atoms with Crippen molar-refractivity contribution < 1.29 is 18.7 Å². The standard InChI is InChI=1S/C17H16FNO3/c1-21-14-4-3-5-15(22-2)16(14)17(20)19-9-8-11-10-12(18)6-7-13(11)19/h3-7,10H,8-9H2,1-2H3. The van der Waals surface area contributed by atoms with E-state index < -0.39 is 0 Å². The molecule has 22 heavy (non-hydrogen) atoms. The highest BCUT2D eigenvalue weighted by atomic mass is 19.1. The van der Waals surface area contributed by atoms with Gasteiger partial charge in [0, 0.05) is 12.2 Å². The number of fused-ring (bicyclic) bond motifs is 1. The van der Waals surface area contributed by atoms with Gasteiger partial charge in [0.2, 0.25) is 0 Å². The topological polar surface area (TPSA) is 38.8 Å². The third kappa shape index (κ3) is 2.28. The van der Waals surface area contributed by atoms with Gasteiger partial charge in [-0.2, -0.15) is 0 Å². The minimum Gasteiger partial charge on any atom is -0.496 e. The Balaban J connectivity index is 2.04. The molecule has 1 heterocycles. The zero-order chi connectivity index (χ0) is 15.7. The first-order valence-electron chi connectivity index (χ1n) is 6.97. The molecule has 0 spiro atoms. The maximum absolute atomic E-state index is 13.3. The van der Waals surface area contributed by atoms with Crippen LogP contribution < -0.4 is 14.4 Å². The van der Waals surface area contributed by atoms with E-state index in [1.165, 1.54) is 26.4 Å². The fraction of sp³-hybridized carbons (Fsp3) is 0.235. The van der Waals surface area contributed by atoms with Gasteiger partial charge in [-0.1, -0.05) is 6.07 Å². The van der Waals surface area contributed by atoms with Crippen molar-refractivity contribution in [1.82, 2.24) is 0 Å². The summed E-state index contributed by atoms with van der Waals surface area (Å²) >= 11 is 0. The number of ether oxygens (including phenoxy) is 2. The van der Waals surface area contributed by atoms with Crippen molar-refractivity contribution >= 4 is 11.6 Å². The highest BCUT2D eigenvalue weighted by Crippen LogP contribution is 2.35. The lowest BCUT2D eigenvalue weighted by Crippen LogP contribution is -2.29. The van der Waals surface area contributed by atoms with Gasteiger partial charge >= 0.3 is 0 Å². The molecule has 0 aromatic heterocycles. The van der Waals surface area contributed by atoms with Gasteiger partial charge in [-0.3, -0.25) is 4.79 Å². The van der Waals surface area contributed by atoms with Crippen LogP contribution in [0.3, 0.4) is 0 Å². The third-order valence-electron chi connectivity index (χ3n) is 3.82. The molecule has 2 aromatic carbocycles. The second-order valence-corrected chi connectivity index (χ2v) is 5.02. The van der Waals surface area contributed by atoms with E-state index in [0.717, 1.165) is 11.3 Å². The molecule has 0 bridgehead atoms. The Hall–Kier alpha value is -2.56. The molecule has 3 rings (SSSR count). The summed E-state index contributed by atoms with van der Waals surface area (Å²) in [6, 6.07) is 9.68. The number of anilines is 1. The van der Waals surface area contributed by atoms with E-state index in [1.807, 2.05) is 0 Å². The van der Waals surface area contributed by atoms with Crippen LogP contribution in [0, 0.1) is 5.82 Å². The van der Waals surface area contributed by atoms with E-state index in [-0.39, 0.29) is 11.7 Å². The first-order valence-corrected chi connectivity index (χ1v) is 6.97. The van der Waals surface area contributed by atoms with Crippen LogP contribution in [0.1, 0.15) is 15.9 Å². The minimum atomic E-state index is -0.289. The van der Waals surface area contributed by atoms with Gasteiger partial charge in [0.1, 0.15) is 22.9 Å². The van der Waals surface area contributed by atoms with Crippen molar-refractivity contribution in [3.63, 3.8) is 0 Å². The van der Waals surface area contributed by atoms with Crippen LogP contribution in [0.25, 0.3) is 0 Å². The number of carbonyl (C=O) groups excluding carboxylic acids is 1.